The second kappa shape index (κ2) is 42.8. The Hall–Kier alpha value is -10.7. The first-order chi connectivity index (χ1) is 46.7. The summed E-state index contributed by atoms with van der Waals surface area (Å²) in [5.41, 5.74) is 33.0. The predicted molar refractivity (Wildman–Crippen MR) is 330 cm³/mol. The van der Waals surface area contributed by atoms with Crippen LogP contribution < -0.4 is 87.6 Å². The maximum Gasteiger partial charge on any atom is 0.490 e. The van der Waals surface area contributed by atoms with Gasteiger partial charge in [0.15, 0.2) is 0 Å². The van der Waals surface area contributed by atoms with Crippen LogP contribution in [0, 0.1) is 5.92 Å². The van der Waals surface area contributed by atoms with Crippen LogP contribution in [-0.2, 0) is 92.7 Å². The highest BCUT2D eigenvalue weighted by molar-refractivity contribution is 6.01. The topological polar surface area (TPSA) is 708 Å². The molecule has 0 unspecified atom stereocenters. The minimum atomic E-state index is -5.08. The lowest BCUT2D eigenvalue weighted by Gasteiger charge is -2.30. The molecule has 0 aromatic heterocycles. The summed E-state index contributed by atoms with van der Waals surface area (Å²) in [5, 5.41) is 78.8. The van der Waals surface area contributed by atoms with E-state index in [2.05, 4.69) is 37.2 Å². The molecule has 100 heavy (non-hydrogen) atoms. The van der Waals surface area contributed by atoms with Crippen LogP contribution >= 0.6 is 0 Å². The molecule has 1 aliphatic heterocycles. The molecule has 1 fully saturated rings. The zero-order valence-corrected chi connectivity index (χ0v) is 53.8. The minimum Gasteiger partial charge on any atom is -0.480 e. The molecule has 28 N–H and O–H groups in total. The highest BCUT2D eigenvalue weighted by atomic mass is 19.4. The largest absolute Gasteiger partial charge is 0.490 e. The molecular formula is C56H84F3N17O24. The van der Waals surface area contributed by atoms with Crippen LogP contribution in [0.4, 0.5) is 13.2 Å². The highest BCUT2D eigenvalue weighted by Crippen LogP contribution is 2.21. The molecule has 0 bridgehead atoms. The van der Waals surface area contributed by atoms with Crippen molar-refractivity contribution in [3.05, 3.63) is 35.9 Å². The number of nitrogens with one attached hydrogen (secondary N) is 10. The van der Waals surface area contributed by atoms with Crippen LogP contribution in [0.1, 0.15) is 83.6 Å². The first-order valence-electron chi connectivity index (χ1n) is 30.2. The molecule has 0 aliphatic carbocycles. The van der Waals surface area contributed by atoms with Crippen LogP contribution in [0.2, 0.25) is 0 Å². The fourth-order valence-corrected chi connectivity index (χ4v) is 8.89. The van der Waals surface area contributed by atoms with Crippen LogP contribution in [0.3, 0.4) is 0 Å². The molecular weight excluding hydrogens is 1350 g/mol. The van der Waals surface area contributed by atoms with Gasteiger partial charge in [-0.1, -0.05) is 50.6 Å². The van der Waals surface area contributed by atoms with Gasteiger partial charge in [0.2, 0.25) is 94.5 Å². The summed E-state index contributed by atoms with van der Waals surface area (Å²) in [4.78, 5) is 231. The number of primary amides is 5. The number of amides is 16. The molecule has 0 radical (unpaired) electrons. The fraction of sp³-hybridized carbons (Fsp3) is 0.571. The van der Waals surface area contributed by atoms with Crippen molar-refractivity contribution in [1.82, 2.24) is 58.1 Å². The van der Waals surface area contributed by atoms with Crippen molar-refractivity contribution in [2.24, 2.45) is 40.3 Å². The van der Waals surface area contributed by atoms with E-state index in [4.69, 9.17) is 44.3 Å². The number of hydrogen-bond acceptors (Lipinski definition) is 23. The van der Waals surface area contributed by atoms with Crippen molar-refractivity contribution >= 4 is 106 Å². The number of carboxylic acid groups (broad SMARTS) is 2. The normalized spacial score (nSPS) is 16.1. The van der Waals surface area contributed by atoms with Gasteiger partial charge in [-0.05, 0) is 37.2 Å². The van der Waals surface area contributed by atoms with E-state index in [1.54, 1.807) is 44.2 Å². The van der Waals surface area contributed by atoms with E-state index in [-0.39, 0.29) is 31.7 Å². The Balaban J connectivity index is 0.00000675. The maximum absolute atomic E-state index is 13.8. The number of nitrogens with zero attached hydrogens (tertiary/aromatic N) is 1. The number of nitrogens with two attached hydrogens (primary N) is 6. The molecule has 16 amide bonds. The van der Waals surface area contributed by atoms with Gasteiger partial charge in [0.1, 0.15) is 66.5 Å². The zero-order valence-electron chi connectivity index (χ0n) is 53.8. The lowest BCUT2D eigenvalue weighted by molar-refractivity contribution is -0.192. The van der Waals surface area contributed by atoms with Crippen LogP contribution in [0.25, 0.3) is 0 Å². The SMILES string of the molecule is CC[C@H](C)[C@H](N)C(=O)N[C@@H](CC(N)=O)C(=O)N1CCC[C@H]1C(=O)N[C@@H](CO)C(=O)N[C@@H](CO)C(=O)N[C@@H](CO)C(=O)N[C@@H](CCC(N)=O)C(=O)N[C@@H](CC(N)=O)C(=O)N[C@@H](CO)C(=O)N[C@@H](CCC(N)=O)C(=O)N[C@@H](CC(N)=O)C(=O)N[C@@H](Cc1ccccc1)C(=O)O.O=C(O)C(F)(F)F. The summed E-state index contributed by atoms with van der Waals surface area (Å²) in [6.07, 6.45) is -9.99. The van der Waals surface area contributed by atoms with Gasteiger partial charge in [-0.15, -0.1) is 0 Å². The molecule has 558 valence electrons. The Morgan fingerprint density at radius 1 is 0.480 bits per heavy atom. The van der Waals surface area contributed by atoms with E-state index in [1.807, 2.05) is 16.0 Å². The Bertz CT molecular complexity index is 3120. The Morgan fingerprint density at radius 2 is 0.800 bits per heavy atom. The second-order valence-electron chi connectivity index (χ2n) is 22.3. The first kappa shape index (κ1) is 87.3. The number of aliphatic carboxylic acids is 2. The monoisotopic (exact) mass is 1440 g/mol. The second-order valence-corrected chi connectivity index (χ2v) is 22.3. The summed E-state index contributed by atoms with van der Waals surface area (Å²) in [6, 6.07) is -13.6. The van der Waals surface area contributed by atoms with Crippen LogP contribution in [-0.4, -0.2) is 254 Å². The number of alkyl halides is 3. The molecule has 0 spiro atoms. The molecule has 44 heteroatoms. The van der Waals surface area contributed by atoms with E-state index < -0.39 is 257 Å². The number of benzene rings is 1. The van der Waals surface area contributed by atoms with Crippen LogP contribution in [0.5, 0.6) is 0 Å². The van der Waals surface area contributed by atoms with E-state index >= 15 is 0 Å². The summed E-state index contributed by atoms with van der Waals surface area (Å²) < 4.78 is 31.7. The van der Waals surface area contributed by atoms with Crippen molar-refractivity contribution in [2.45, 2.75) is 163 Å². The maximum atomic E-state index is 13.8. The van der Waals surface area contributed by atoms with E-state index in [1.165, 1.54) is 0 Å². The fourth-order valence-electron chi connectivity index (χ4n) is 8.89. The van der Waals surface area contributed by atoms with Gasteiger partial charge in [0.05, 0.1) is 51.7 Å². The number of likely N-dealkylation sites (tertiary alicyclic amines) is 1. The van der Waals surface area contributed by atoms with Crippen molar-refractivity contribution in [3.8, 4) is 0 Å². The number of aliphatic hydroxyl groups is 4. The van der Waals surface area contributed by atoms with Gasteiger partial charge >= 0.3 is 18.1 Å². The van der Waals surface area contributed by atoms with Gasteiger partial charge in [-0.3, -0.25) is 76.7 Å². The third-order valence-electron chi connectivity index (χ3n) is 14.5. The molecule has 1 saturated heterocycles. The Morgan fingerprint density at radius 3 is 1.14 bits per heavy atom. The van der Waals surface area contributed by atoms with E-state index in [0.29, 0.717) is 12.0 Å². The van der Waals surface area contributed by atoms with Crippen molar-refractivity contribution in [3.63, 3.8) is 0 Å². The number of rotatable bonds is 42. The number of carbonyl (C=O) groups is 18. The number of aliphatic hydroxyl groups excluding tert-OH is 4. The van der Waals surface area contributed by atoms with Gasteiger partial charge in [0.25, 0.3) is 0 Å². The number of carbonyl (C=O) groups excluding carboxylic acids is 16. The number of carboxylic acids is 2. The number of halogens is 3. The summed E-state index contributed by atoms with van der Waals surface area (Å²) in [6.45, 7) is -1.60. The highest BCUT2D eigenvalue weighted by Gasteiger charge is 2.42. The standard InChI is InChI=1S/C54H83N17O22.C2HF3O2/c1-3-24(2)42(60)52(90)65-30(19-41(59)80)53(91)71-15-7-10-36(71)51(89)70-35(23-75)50(88)69-34(22-74)49(87)68-33(21-73)48(86)62-27(12-14-38(56)77)44(82)64-29(18-40(58)79)46(84)67-32(20-72)47(85)61-26(11-13-37(55)76)43(81)63-28(17-39(57)78)45(83)66-31(54(92)93)16-25-8-5-4-6-9-25;3-2(4,5)1(6)7/h4-6,8-9,24,26-36,42,72-75H,3,7,10-23,60H2,1-2H3,(H2,55,76)(H2,56,77)(H2,57,78)(H2,58,79)(H2,59,80)(H,61,85)(H,62,86)(H,63,81)(H,64,82)(H,65,90)(H,66,83)(H,67,84)(H,68,87)(H,69,88)(H,70,89)(H,92,93);(H,6,7)/t24-,26-,27-,28-,29-,30-,31-,32-,33-,34-,35-,36-,42-;/m0./s1. The Labute approximate surface area is 565 Å². The Kier molecular flexibility index (Phi) is 37.4. The van der Waals surface area contributed by atoms with Gasteiger partial charge in [-0.25, -0.2) is 9.59 Å². The summed E-state index contributed by atoms with van der Waals surface area (Å²) >= 11 is 0. The quantitative estimate of drug-likeness (QED) is 0.0289. The average molecular weight is 1440 g/mol. The molecule has 1 aromatic carbocycles. The molecule has 41 nitrogen and oxygen atoms in total. The van der Waals surface area contributed by atoms with E-state index in [9.17, 15) is 120 Å². The van der Waals surface area contributed by atoms with Crippen molar-refractivity contribution < 1.29 is 130 Å². The lowest BCUT2D eigenvalue weighted by Crippen LogP contribution is -2.62. The molecule has 1 heterocycles. The molecule has 13 atom stereocenters. The lowest BCUT2D eigenvalue weighted by atomic mass is 9.99. The van der Waals surface area contributed by atoms with Gasteiger partial charge < -0.3 is 123 Å². The van der Waals surface area contributed by atoms with Crippen LogP contribution in [0.15, 0.2) is 30.3 Å². The average Bonchev–Trinajstić information content (AvgIpc) is 1.63. The molecule has 1 aromatic rings. The zero-order chi connectivity index (χ0) is 76.5. The predicted octanol–water partition coefficient (Wildman–Crippen LogP) is -11.7. The third kappa shape index (κ3) is 30.8. The molecule has 2 rings (SSSR count). The summed E-state index contributed by atoms with van der Waals surface area (Å²) in [5.74, 6) is -23.8. The van der Waals surface area contributed by atoms with Gasteiger partial charge in [0, 0.05) is 25.8 Å². The number of hydrogen-bond donors (Lipinski definition) is 22. The third-order valence-corrected chi connectivity index (χ3v) is 14.5. The van der Waals surface area contributed by atoms with Crippen molar-refractivity contribution in [2.75, 3.05) is 33.0 Å². The van der Waals surface area contributed by atoms with Crippen molar-refractivity contribution in [1.29, 1.82) is 0 Å². The van der Waals surface area contributed by atoms with Gasteiger partial charge in [-0.2, -0.15) is 13.2 Å². The van der Waals surface area contributed by atoms with E-state index in [0.717, 1.165) is 4.90 Å². The summed E-state index contributed by atoms with van der Waals surface area (Å²) in [7, 11) is 0. The molecule has 1 aliphatic rings. The first-order valence-corrected chi connectivity index (χ1v) is 30.2. The minimum absolute atomic E-state index is 0.00416. The smallest absolute Gasteiger partial charge is 0.480 e. The molecule has 0 saturated carbocycles.